The van der Waals surface area contributed by atoms with Crippen molar-refractivity contribution < 1.29 is 15.0 Å². The number of aliphatic hydroxyl groups excluding tert-OH is 2. The fourth-order valence-corrected chi connectivity index (χ4v) is 3.08. The molecule has 1 aliphatic heterocycles. The maximum absolute atomic E-state index is 12.1. The van der Waals surface area contributed by atoms with E-state index in [0.717, 1.165) is 51.5 Å². The summed E-state index contributed by atoms with van der Waals surface area (Å²) in [4.78, 5) is 14.0. The lowest BCUT2D eigenvalue weighted by atomic mass is 10.00. The van der Waals surface area contributed by atoms with Crippen molar-refractivity contribution in [2.24, 2.45) is 5.92 Å². The minimum Gasteiger partial charge on any atom is -0.396 e. The van der Waals surface area contributed by atoms with Crippen LogP contribution in [0.5, 0.6) is 0 Å². The number of rotatable bonds is 11. The van der Waals surface area contributed by atoms with Gasteiger partial charge < -0.3 is 15.1 Å². The number of amides is 1. The molecule has 1 unspecified atom stereocenters. The number of carbonyl (C=O) groups excluding carboxylic acids is 1. The van der Waals surface area contributed by atoms with Crippen LogP contribution < -0.4 is 0 Å². The Morgan fingerprint density at radius 2 is 1.96 bits per heavy atom. The molecule has 1 amide bonds. The van der Waals surface area contributed by atoms with Crippen LogP contribution in [0.25, 0.3) is 0 Å². The first-order valence-corrected chi connectivity index (χ1v) is 9.82. The summed E-state index contributed by atoms with van der Waals surface area (Å²) in [6.07, 6.45) is 11.5. The lowest BCUT2D eigenvalue weighted by molar-refractivity contribution is -0.128. The average molecular weight is 350 g/mol. The van der Waals surface area contributed by atoms with Crippen molar-refractivity contribution in [3.63, 3.8) is 0 Å². The Morgan fingerprint density at radius 1 is 1.24 bits per heavy atom. The normalized spacial score (nSPS) is 19.9. The van der Waals surface area contributed by atoms with Crippen LogP contribution in [-0.2, 0) is 4.79 Å². The zero-order valence-electron chi connectivity index (χ0n) is 15.9. The summed E-state index contributed by atoms with van der Waals surface area (Å²) >= 11 is 0. The second-order valence-corrected chi connectivity index (χ2v) is 6.95. The van der Waals surface area contributed by atoms with Crippen molar-refractivity contribution >= 4 is 5.91 Å². The third-order valence-electron chi connectivity index (χ3n) is 4.77. The molecule has 1 aliphatic rings. The fraction of sp³-hybridized carbons (Fsp3) is 0.762. The molecule has 0 bridgehead atoms. The van der Waals surface area contributed by atoms with Crippen molar-refractivity contribution in [2.75, 3.05) is 13.2 Å². The topological polar surface area (TPSA) is 60.8 Å². The average Bonchev–Trinajstić information content (AvgIpc) is 2.96. The van der Waals surface area contributed by atoms with Gasteiger partial charge in [0.05, 0.1) is 12.1 Å². The third kappa shape index (κ3) is 8.56. The molecule has 1 rings (SSSR count). The molecular weight excluding hydrogens is 314 g/mol. The van der Waals surface area contributed by atoms with Crippen LogP contribution in [0.15, 0.2) is 12.2 Å². The molecule has 2 N–H and O–H groups in total. The predicted molar refractivity (Wildman–Crippen MR) is 102 cm³/mol. The van der Waals surface area contributed by atoms with Crippen molar-refractivity contribution in [1.82, 2.24) is 4.90 Å². The van der Waals surface area contributed by atoms with E-state index in [0.29, 0.717) is 12.8 Å². The fourth-order valence-electron chi connectivity index (χ4n) is 3.08. The molecular formula is C21H35NO3. The van der Waals surface area contributed by atoms with Crippen LogP contribution in [0, 0.1) is 17.8 Å². The van der Waals surface area contributed by atoms with Crippen LogP contribution >= 0.6 is 0 Å². The Kier molecular flexibility index (Phi) is 11.3. The first-order valence-electron chi connectivity index (χ1n) is 9.82. The van der Waals surface area contributed by atoms with E-state index in [1.165, 1.54) is 0 Å². The highest BCUT2D eigenvalue weighted by molar-refractivity contribution is 5.79. The summed E-state index contributed by atoms with van der Waals surface area (Å²) in [5.74, 6) is 6.45. The number of hydrogen-bond donors (Lipinski definition) is 2. The smallest absolute Gasteiger partial charge is 0.223 e. The van der Waals surface area contributed by atoms with E-state index in [2.05, 4.69) is 11.8 Å². The summed E-state index contributed by atoms with van der Waals surface area (Å²) in [7, 11) is 0. The van der Waals surface area contributed by atoms with Crippen molar-refractivity contribution in [1.29, 1.82) is 0 Å². The number of unbranched alkanes of at least 4 members (excludes halogenated alkanes) is 4. The summed E-state index contributed by atoms with van der Waals surface area (Å²) in [6.45, 7) is 5.08. The number of hydrogen-bond acceptors (Lipinski definition) is 3. The van der Waals surface area contributed by atoms with Gasteiger partial charge in [0.15, 0.2) is 0 Å². The highest BCUT2D eigenvalue weighted by Crippen LogP contribution is 2.21. The molecule has 25 heavy (non-hydrogen) atoms. The SMILES string of the molecule is CCC#CC[C@H](C)[C@H](O)/C=C/C1CCC(=O)N1CCCCCCCO. The van der Waals surface area contributed by atoms with Crippen LogP contribution in [0.1, 0.15) is 71.6 Å². The molecule has 4 heteroatoms. The minimum atomic E-state index is -0.512. The highest BCUT2D eigenvalue weighted by Gasteiger charge is 2.28. The van der Waals surface area contributed by atoms with Gasteiger partial charge in [-0.05, 0) is 25.2 Å². The maximum Gasteiger partial charge on any atom is 0.223 e. The van der Waals surface area contributed by atoms with Gasteiger partial charge in [-0.15, -0.1) is 11.8 Å². The van der Waals surface area contributed by atoms with E-state index >= 15 is 0 Å². The summed E-state index contributed by atoms with van der Waals surface area (Å²) in [5, 5.41) is 19.0. The zero-order valence-corrected chi connectivity index (χ0v) is 15.9. The molecule has 3 atom stereocenters. The van der Waals surface area contributed by atoms with E-state index in [1.54, 1.807) is 0 Å². The molecule has 1 fully saturated rings. The predicted octanol–water partition coefficient (Wildman–Crippen LogP) is 3.28. The molecule has 142 valence electrons. The quantitative estimate of drug-likeness (QED) is 0.342. The lowest BCUT2D eigenvalue weighted by Crippen LogP contribution is -2.33. The summed E-state index contributed by atoms with van der Waals surface area (Å²) in [5.41, 5.74) is 0. The van der Waals surface area contributed by atoms with Gasteiger partial charge in [0.2, 0.25) is 5.91 Å². The van der Waals surface area contributed by atoms with Crippen molar-refractivity contribution in [3.8, 4) is 11.8 Å². The zero-order chi connectivity index (χ0) is 18.5. The van der Waals surface area contributed by atoms with Crippen LogP contribution in [0.2, 0.25) is 0 Å². The highest BCUT2D eigenvalue weighted by atomic mass is 16.3. The standard InChI is InChI=1S/C21H35NO3/c1-3-4-8-11-18(2)20(24)14-12-19-13-15-21(25)22(19)16-9-6-5-7-10-17-23/h12,14,18-20,23-24H,3,5-7,9-11,13,15-17H2,1-2H3/b14-12+/t18-,19?,20+/m0/s1. The molecule has 0 saturated carbocycles. The summed E-state index contributed by atoms with van der Waals surface area (Å²) in [6, 6.07) is 0.119. The minimum absolute atomic E-state index is 0.104. The second-order valence-electron chi connectivity index (χ2n) is 6.95. The monoisotopic (exact) mass is 349 g/mol. The molecule has 1 saturated heterocycles. The van der Waals surface area contributed by atoms with Gasteiger partial charge >= 0.3 is 0 Å². The number of nitrogens with zero attached hydrogens (tertiary/aromatic N) is 1. The third-order valence-corrected chi connectivity index (χ3v) is 4.77. The van der Waals surface area contributed by atoms with Crippen molar-refractivity contribution in [3.05, 3.63) is 12.2 Å². The van der Waals surface area contributed by atoms with Gasteiger partial charge in [-0.3, -0.25) is 4.79 Å². The molecule has 4 nitrogen and oxygen atoms in total. The molecule has 0 aromatic rings. The Bertz CT molecular complexity index is 463. The Hall–Kier alpha value is -1.31. The lowest BCUT2D eigenvalue weighted by Gasteiger charge is -2.23. The first-order chi connectivity index (χ1) is 12.1. The number of likely N-dealkylation sites (tertiary alicyclic amines) is 1. The van der Waals surface area contributed by atoms with Crippen LogP contribution in [0.3, 0.4) is 0 Å². The Labute approximate surface area is 153 Å². The van der Waals surface area contributed by atoms with Gasteiger partial charge in [0.25, 0.3) is 0 Å². The van der Waals surface area contributed by atoms with E-state index in [1.807, 2.05) is 30.9 Å². The largest absolute Gasteiger partial charge is 0.396 e. The maximum atomic E-state index is 12.1. The molecule has 1 heterocycles. The Balaban J connectivity index is 2.40. The van der Waals surface area contributed by atoms with Gasteiger partial charge in [-0.25, -0.2) is 0 Å². The van der Waals surface area contributed by atoms with Gasteiger partial charge in [-0.1, -0.05) is 45.3 Å². The van der Waals surface area contributed by atoms with Crippen LogP contribution in [-0.4, -0.2) is 46.3 Å². The molecule has 0 aromatic carbocycles. The van der Waals surface area contributed by atoms with E-state index in [-0.39, 0.29) is 24.5 Å². The van der Waals surface area contributed by atoms with Gasteiger partial charge in [0, 0.05) is 32.4 Å². The van der Waals surface area contributed by atoms with Crippen LogP contribution in [0.4, 0.5) is 0 Å². The first kappa shape index (κ1) is 21.7. The molecule has 0 radical (unpaired) electrons. The van der Waals surface area contributed by atoms with Gasteiger partial charge in [-0.2, -0.15) is 0 Å². The Morgan fingerprint density at radius 3 is 2.68 bits per heavy atom. The van der Waals surface area contributed by atoms with E-state index in [4.69, 9.17) is 5.11 Å². The molecule has 0 spiro atoms. The number of aliphatic hydroxyl groups is 2. The summed E-state index contributed by atoms with van der Waals surface area (Å²) < 4.78 is 0. The molecule has 0 aliphatic carbocycles. The molecule has 0 aromatic heterocycles. The van der Waals surface area contributed by atoms with E-state index in [9.17, 15) is 9.90 Å². The van der Waals surface area contributed by atoms with E-state index < -0.39 is 6.10 Å². The van der Waals surface area contributed by atoms with Gasteiger partial charge in [0.1, 0.15) is 0 Å². The van der Waals surface area contributed by atoms with Crippen molar-refractivity contribution in [2.45, 2.75) is 83.8 Å². The number of carbonyl (C=O) groups is 1. The second kappa shape index (κ2) is 13.0.